The van der Waals surface area contributed by atoms with Gasteiger partial charge in [-0.15, -0.1) is 0 Å². The molecule has 8 heteroatoms. The SMILES string of the molecule is CN(c1cnc2c(-c3ccc4nn(C)cc4c3Cl)c[nH]c2n1)[C@@H]1CCC[C@@](C)(N)C1. The van der Waals surface area contributed by atoms with Gasteiger partial charge < -0.3 is 15.6 Å². The minimum atomic E-state index is -0.115. The molecule has 0 amide bonds. The third-order valence-electron chi connectivity index (χ3n) is 6.29. The van der Waals surface area contributed by atoms with E-state index in [2.05, 4.69) is 29.0 Å². The normalized spacial score (nSPS) is 22.1. The van der Waals surface area contributed by atoms with Crippen LogP contribution in [0.5, 0.6) is 0 Å². The van der Waals surface area contributed by atoms with Crippen molar-refractivity contribution in [2.45, 2.75) is 44.2 Å². The standard InChI is InChI=1S/C22H26ClN7/c1-22(24)8-4-5-13(9-22)30(3)18-11-25-20-15(10-26-21(20)27-18)14-6-7-17-16(19(14)23)12-29(2)28-17/h6-7,10-13H,4-5,8-9,24H2,1-3H3,(H,26,27)/t13-,22-/m1/s1. The molecule has 2 atom stereocenters. The monoisotopic (exact) mass is 423 g/mol. The van der Waals surface area contributed by atoms with E-state index in [1.54, 1.807) is 4.68 Å². The Hall–Kier alpha value is -2.64. The summed E-state index contributed by atoms with van der Waals surface area (Å²) in [6, 6.07) is 4.35. The summed E-state index contributed by atoms with van der Waals surface area (Å²) in [6.45, 7) is 2.14. The van der Waals surface area contributed by atoms with Gasteiger partial charge in [0.1, 0.15) is 11.3 Å². The number of nitrogens with one attached hydrogen (secondary N) is 1. The molecule has 0 radical (unpaired) electrons. The third kappa shape index (κ3) is 3.22. The van der Waals surface area contributed by atoms with Crippen molar-refractivity contribution in [1.29, 1.82) is 0 Å². The number of hydrogen-bond donors (Lipinski definition) is 2. The van der Waals surface area contributed by atoms with E-state index in [9.17, 15) is 0 Å². The number of nitrogens with two attached hydrogens (primary N) is 1. The largest absolute Gasteiger partial charge is 0.355 e. The molecule has 1 aliphatic carbocycles. The Morgan fingerprint density at radius 2 is 2.17 bits per heavy atom. The van der Waals surface area contributed by atoms with Gasteiger partial charge in [-0.25, -0.2) is 9.97 Å². The van der Waals surface area contributed by atoms with Crippen LogP contribution < -0.4 is 10.6 Å². The van der Waals surface area contributed by atoms with Crippen molar-refractivity contribution in [2.75, 3.05) is 11.9 Å². The van der Waals surface area contributed by atoms with Crippen LogP contribution in [0.25, 0.3) is 33.2 Å². The zero-order valence-electron chi connectivity index (χ0n) is 17.5. The summed E-state index contributed by atoms with van der Waals surface area (Å²) in [7, 11) is 3.98. The van der Waals surface area contributed by atoms with Crippen LogP contribution in [0.15, 0.2) is 30.7 Å². The molecule has 4 aromatic rings. The number of rotatable bonds is 3. The second-order valence-corrected chi connectivity index (χ2v) is 9.18. The van der Waals surface area contributed by atoms with Crippen LogP contribution in [0, 0.1) is 0 Å². The number of fused-ring (bicyclic) bond motifs is 2. The molecule has 0 saturated heterocycles. The predicted molar refractivity (Wildman–Crippen MR) is 122 cm³/mol. The van der Waals surface area contributed by atoms with Gasteiger partial charge in [0, 0.05) is 54.6 Å². The molecule has 30 heavy (non-hydrogen) atoms. The molecule has 1 fully saturated rings. The Bertz CT molecular complexity index is 1240. The van der Waals surface area contributed by atoms with Gasteiger partial charge in [0.05, 0.1) is 16.7 Å². The second kappa shape index (κ2) is 6.96. The first-order chi connectivity index (χ1) is 14.3. The molecule has 1 aliphatic rings. The van der Waals surface area contributed by atoms with Crippen LogP contribution in [0.1, 0.15) is 32.6 Å². The number of aromatic amines is 1. The summed E-state index contributed by atoms with van der Waals surface area (Å²) in [6.07, 6.45) is 10.0. The summed E-state index contributed by atoms with van der Waals surface area (Å²) < 4.78 is 1.77. The summed E-state index contributed by atoms with van der Waals surface area (Å²) >= 11 is 6.72. The van der Waals surface area contributed by atoms with E-state index in [4.69, 9.17) is 27.3 Å². The van der Waals surface area contributed by atoms with E-state index in [0.717, 1.165) is 64.7 Å². The van der Waals surface area contributed by atoms with Gasteiger partial charge in [0.2, 0.25) is 0 Å². The average molecular weight is 424 g/mol. The van der Waals surface area contributed by atoms with E-state index < -0.39 is 0 Å². The summed E-state index contributed by atoms with van der Waals surface area (Å²) in [4.78, 5) is 15.1. The molecule has 1 aromatic carbocycles. The molecule has 0 bridgehead atoms. The van der Waals surface area contributed by atoms with E-state index in [1.807, 2.05) is 37.8 Å². The van der Waals surface area contributed by atoms with Crippen LogP contribution >= 0.6 is 11.6 Å². The van der Waals surface area contributed by atoms with Gasteiger partial charge in [-0.05, 0) is 38.7 Å². The van der Waals surface area contributed by atoms with Gasteiger partial charge in [0.15, 0.2) is 5.65 Å². The van der Waals surface area contributed by atoms with Gasteiger partial charge in [-0.2, -0.15) is 5.10 Å². The highest BCUT2D eigenvalue weighted by Crippen LogP contribution is 2.37. The summed E-state index contributed by atoms with van der Waals surface area (Å²) in [5.41, 5.74) is 10.6. The number of aromatic nitrogens is 5. The highest BCUT2D eigenvalue weighted by atomic mass is 35.5. The molecule has 5 rings (SSSR count). The smallest absolute Gasteiger partial charge is 0.159 e. The van der Waals surface area contributed by atoms with Crippen molar-refractivity contribution in [2.24, 2.45) is 12.8 Å². The quantitative estimate of drug-likeness (QED) is 0.514. The van der Waals surface area contributed by atoms with Crippen molar-refractivity contribution < 1.29 is 0 Å². The molecular formula is C22H26ClN7. The molecular weight excluding hydrogens is 398 g/mol. The lowest BCUT2D eigenvalue weighted by atomic mass is 9.81. The van der Waals surface area contributed by atoms with Gasteiger partial charge >= 0.3 is 0 Å². The first-order valence-electron chi connectivity index (χ1n) is 10.3. The highest BCUT2D eigenvalue weighted by Gasteiger charge is 2.31. The van der Waals surface area contributed by atoms with Gasteiger partial charge in [0.25, 0.3) is 0 Å². The van der Waals surface area contributed by atoms with Crippen molar-refractivity contribution in [1.82, 2.24) is 24.7 Å². The number of anilines is 1. The number of H-pyrrole nitrogens is 1. The second-order valence-electron chi connectivity index (χ2n) is 8.81. The Balaban J connectivity index is 1.51. The number of nitrogens with zero attached hydrogens (tertiary/aromatic N) is 5. The molecule has 156 valence electrons. The fourth-order valence-corrected chi connectivity index (χ4v) is 4.96. The predicted octanol–water partition coefficient (Wildman–Crippen LogP) is 4.26. The van der Waals surface area contributed by atoms with Crippen molar-refractivity contribution in [3.05, 3.63) is 35.7 Å². The fraction of sp³-hybridized carbons (Fsp3) is 0.409. The molecule has 3 aromatic heterocycles. The van der Waals surface area contributed by atoms with Gasteiger partial charge in [-0.3, -0.25) is 4.68 Å². The van der Waals surface area contributed by atoms with Crippen LogP contribution in [-0.2, 0) is 7.05 Å². The Morgan fingerprint density at radius 3 is 2.97 bits per heavy atom. The molecule has 0 aliphatic heterocycles. The lowest BCUT2D eigenvalue weighted by Crippen LogP contribution is -2.48. The Morgan fingerprint density at radius 1 is 1.33 bits per heavy atom. The maximum Gasteiger partial charge on any atom is 0.159 e. The molecule has 0 spiro atoms. The summed E-state index contributed by atoms with van der Waals surface area (Å²) in [5.74, 6) is 0.854. The van der Waals surface area contributed by atoms with Crippen molar-refractivity contribution in [3.63, 3.8) is 0 Å². The Labute approximate surface area is 180 Å². The zero-order valence-corrected chi connectivity index (χ0v) is 18.2. The van der Waals surface area contributed by atoms with Crippen molar-refractivity contribution in [3.8, 4) is 11.1 Å². The average Bonchev–Trinajstić information content (AvgIpc) is 3.30. The summed E-state index contributed by atoms with van der Waals surface area (Å²) in [5, 5.41) is 6.03. The maximum atomic E-state index is 6.72. The topological polar surface area (TPSA) is 88.7 Å². The van der Waals surface area contributed by atoms with Crippen molar-refractivity contribution >= 4 is 39.5 Å². The molecule has 0 unspecified atom stereocenters. The minimum absolute atomic E-state index is 0.115. The first kappa shape index (κ1) is 19.3. The number of halogens is 1. The maximum absolute atomic E-state index is 6.72. The minimum Gasteiger partial charge on any atom is -0.355 e. The van der Waals surface area contributed by atoms with Crippen LogP contribution in [-0.4, -0.2) is 43.4 Å². The molecule has 3 N–H and O–H groups in total. The number of aryl methyl sites for hydroxylation is 1. The van der Waals surface area contributed by atoms with E-state index in [-0.39, 0.29) is 5.54 Å². The zero-order chi connectivity index (χ0) is 21.0. The van der Waals surface area contributed by atoms with E-state index >= 15 is 0 Å². The number of benzene rings is 1. The third-order valence-corrected chi connectivity index (χ3v) is 6.70. The van der Waals surface area contributed by atoms with E-state index in [0.29, 0.717) is 11.1 Å². The fourth-order valence-electron chi connectivity index (χ4n) is 4.65. The first-order valence-corrected chi connectivity index (χ1v) is 10.7. The Kier molecular flexibility index (Phi) is 4.48. The van der Waals surface area contributed by atoms with Gasteiger partial charge in [-0.1, -0.05) is 17.7 Å². The van der Waals surface area contributed by atoms with Crippen LogP contribution in [0.2, 0.25) is 5.02 Å². The molecule has 7 nitrogen and oxygen atoms in total. The molecule has 3 heterocycles. The number of hydrogen-bond acceptors (Lipinski definition) is 5. The van der Waals surface area contributed by atoms with Crippen LogP contribution in [0.3, 0.4) is 0 Å². The van der Waals surface area contributed by atoms with E-state index in [1.165, 1.54) is 0 Å². The lowest BCUT2D eigenvalue weighted by molar-refractivity contribution is 0.285. The lowest BCUT2D eigenvalue weighted by Gasteiger charge is -2.39. The van der Waals surface area contributed by atoms with Crippen LogP contribution in [0.4, 0.5) is 5.82 Å². The highest BCUT2D eigenvalue weighted by molar-refractivity contribution is 6.38. The molecule has 1 saturated carbocycles.